The van der Waals surface area contributed by atoms with Crippen molar-refractivity contribution in [3.05, 3.63) is 70.0 Å². The quantitative estimate of drug-likeness (QED) is 0.849. The molecule has 0 fully saturated rings. The van der Waals surface area contributed by atoms with Crippen LogP contribution in [-0.2, 0) is 24.4 Å². The zero-order valence-corrected chi connectivity index (χ0v) is 13.6. The van der Waals surface area contributed by atoms with Crippen molar-refractivity contribution in [3.63, 3.8) is 0 Å². The van der Waals surface area contributed by atoms with Crippen molar-refractivity contribution in [1.82, 2.24) is 5.32 Å². The summed E-state index contributed by atoms with van der Waals surface area (Å²) in [6, 6.07) is 11.9. The number of hydrogen-bond donors (Lipinski definition) is 2. The van der Waals surface area contributed by atoms with E-state index in [1.165, 1.54) is 6.07 Å². The average Bonchev–Trinajstić information content (AvgIpc) is 2.55. The molecule has 2 aromatic carbocycles. The van der Waals surface area contributed by atoms with Crippen LogP contribution in [-0.4, -0.2) is 11.0 Å². The number of aliphatic hydroxyl groups is 1. The molecule has 3 nitrogen and oxygen atoms in total. The van der Waals surface area contributed by atoms with Gasteiger partial charge in [-0.05, 0) is 41.8 Å². The third-order valence-electron chi connectivity index (χ3n) is 3.65. The summed E-state index contributed by atoms with van der Waals surface area (Å²) in [5, 5.41) is 12.6. The van der Waals surface area contributed by atoms with Gasteiger partial charge in [-0.3, -0.25) is 4.79 Å². The molecule has 1 unspecified atom stereocenters. The minimum Gasteiger partial charge on any atom is -0.392 e. The van der Waals surface area contributed by atoms with Crippen LogP contribution in [0.2, 0.25) is 5.02 Å². The standard InChI is InChI=1S/C18H19ClFNO2/c1-12(8-13-2-5-16(19)6-3-13)18(23)21-10-14-4-7-17(20)15(9-14)11-22/h2-7,9,12,22H,8,10-11H2,1H3,(H,21,23). The van der Waals surface area contributed by atoms with Crippen molar-refractivity contribution in [2.75, 3.05) is 0 Å². The van der Waals surface area contributed by atoms with E-state index in [1.807, 2.05) is 19.1 Å². The molecular weight excluding hydrogens is 317 g/mol. The summed E-state index contributed by atoms with van der Waals surface area (Å²) in [5.41, 5.74) is 2.02. The summed E-state index contributed by atoms with van der Waals surface area (Å²) in [6.45, 7) is 1.80. The van der Waals surface area contributed by atoms with E-state index in [1.54, 1.807) is 24.3 Å². The van der Waals surface area contributed by atoms with Crippen LogP contribution < -0.4 is 5.32 Å². The first-order chi connectivity index (χ1) is 11.0. The van der Waals surface area contributed by atoms with Gasteiger partial charge in [0.05, 0.1) is 6.61 Å². The van der Waals surface area contributed by atoms with Crippen LogP contribution in [0.4, 0.5) is 4.39 Å². The van der Waals surface area contributed by atoms with Crippen molar-refractivity contribution in [2.45, 2.75) is 26.5 Å². The number of benzene rings is 2. The Balaban J connectivity index is 1.89. The van der Waals surface area contributed by atoms with Crippen molar-refractivity contribution >= 4 is 17.5 Å². The Morgan fingerprint density at radius 1 is 1.22 bits per heavy atom. The van der Waals surface area contributed by atoms with E-state index in [4.69, 9.17) is 16.7 Å². The zero-order chi connectivity index (χ0) is 16.8. The van der Waals surface area contributed by atoms with Gasteiger partial charge in [0.1, 0.15) is 5.82 Å². The van der Waals surface area contributed by atoms with Crippen LogP contribution in [0.25, 0.3) is 0 Å². The lowest BCUT2D eigenvalue weighted by atomic mass is 10.0. The van der Waals surface area contributed by atoms with Gasteiger partial charge in [0.15, 0.2) is 0 Å². The molecular formula is C18H19ClFNO2. The van der Waals surface area contributed by atoms with Gasteiger partial charge < -0.3 is 10.4 Å². The molecule has 1 atom stereocenters. The minimum atomic E-state index is -0.446. The molecule has 2 N–H and O–H groups in total. The maximum absolute atomic E-state index is 13.3. The highest BCUT2D eigenvalue weighted by atomic mass is 35.5. The van der Waals surface area contributed by atoms with Crippen molar-refractivity contribution < 1.29 is 14.3 Å². The number of amides is 1. The van der Waals surface area contributed by atoms with Crippen LogP contribution >= 0.6 is 11.6 Å². The van der Waals surface area contributed by atoms with E-state index in [2.05, 4.69) is 5.32 Å². The third-order valence-corrected chi connectivity index (χ3v) is 3.90. The van der Waals surface area contributed by atoms with Gasteiger partial charge in [0, 0.05) is 23.0 Å². The predicted molar refractivity (Wildman–Crippen MR) is 88.5 cm³/mol. The lowest BCUT2D eigenvalue weighted by Gasteiger charge is -2.13. The normalized spacial score (nSPS) is 12.0. The second-order valence-corrected chi connectivity index (χ2v) is 5.97. The van der Waals surface area contributed by atoms with Crippen molar-refractivity contribution in [3.8, 4) is 0 Å². The maximum atomic E-state index is 13.3. The number of rotatable bonds is 6. The zero-order valence-electron chi connectivity index (χ0n) is 12.9. The SMILES string of the molecule is CC(Cc1ccc(Cl)cc1)C(=O)NCc1ccc(F)c(CO)c1. The molecule has 0 saturated heterocycles. The number of hydrogen-bond acceptors (Lipinski definition) is 2. The molecule has 2 aromatic rings. The molecule has 23 heavy (non-hydrogen) atoms. The molecule has 0 aromatic heterocycles. The van der Waals surface area contributed by atoms with Gasteiger partial charge in [-0.2, -0.15) is 0 Å². The topological polar surface area (TPSA) is 49.3 Å². The summed E-state index contributed by atoms with van der Waals surface area (Å²) in [4.78, 5) is 12.1. The van der Waals surface area contributed by atoms with Crippen LogP contribution in [0.15, 0.2) is 42.5 Å². The molecule has 0 heterocycles. The van der Waals surface area contributed by atoms with Crippen LogP contribution in [0.5, 0.6) is 0 Å². The number of carbonyl (C=O) groups excluding carboxylic acids is 1. The summed E-state index contributed by atoms with van der Waals surface area (Å²) < 4.78 is 13.3. The largest absolute Gasteiger partial charge is 0.392 e. The van der Waals surface area contributed by atoms with Crippen molar-refractivity contribution in [2.24, 2.45) is 5.92 Å². The van der Waals surface area contributed by atoms with E-state index < -0.39 is 5.82 Å². The van der Waals surface area contributed by atoms with E-state index in [9.17, 15) is 9.18 Å². The summed E-state index contributed by atoms with van der Waals surface area (Å²) in [6.07, 6.45) is 0.619. The van der Waals surface area contributed by atoms with Crippen molar-refractivity contribution in [1.29, 1.82) is 0 Å². The molecule has 122 valence electrons. The Hall–Kier alpha value is -1.91. The third kappa shape index (κ3) is 5.05. The Kier molecular flexibility index (Phi) is 6.13. The van der Waals surface area contributed by atoms with E-state index >= 15 is 0 Å². The summed E-state index contributed by atoms with van der Waals surface area (Å²) >= 11 is 5.84. The van der Waals surface area contributed by atoms with E-state index in [0.29, 0.717) is 18.0 Å². The smallest absolute Gasteiger partial charge is 0.223 e. The Labute approximate surface area is 140 Å². The van der Waals surface area contributed by atoms with Gasteiger partial charge >= 0.3 is 0 Å². The van der Waals surface area contributed by atoms with Crippen LogP contribution in [0.1, 0.15) is 23.6 Å². The summed E-state index contributed by atoms with van der Waals surface area (Å²) in [7, 11) is 0. The fourth-order valence-electron chi connectivity index (χ4n) is 2.29. The van der Waals surface area contributed by atoms with E-state index in [0.717, 1.165) is 11.1 Å². The molecule has 1 amide bonds. The first-order valence-electron chi connectivity index (χ1n) is 7.40. The molecule has 0 bridgehead atoms. The fraction of sp³-hybridized carbons (Fsp3) is 0.278. The number of aliphatic hydroxyl groups excluding tert-OH is 1. The first-order valence-corrected chi connectivity index (χ1v) is 7.77. The lowest BCUT2D eigenvalue weighted by molar-refractivity contribution is -0.124. The molecule has 0 spiro atoms. The minimum absolute atomic E-state index is 0.0742. The van der Waals surface area contributed by atoms with Gasteiger partial charge in [-0.15, -0.1) is 0 Å². The monoisotopic (exact) mass is 335 g/mol. The van der Waals surface area contributed by atoms with Gasteiger partial charge in [-0.25, -0.2) is 4.39 Å². The van der Waals surface area contributed by atoms with E-state index in [-0.39, 0.29) is 24.0 Å². The number of carbonyl (C=O) groups is 1. The molecule has 0 aliphatic carbocycles. The molecule has 0 radical (unpaired) electrons. The van der Waals surface area contributed by atoms with Crippen LogP contribution in [0.3, 0.4) is 0 Å². The maximum Gasteiger partial charge on any atom is 0.223 e. The second kappa shape index (κ2) is 8.09. The van der Waals surface area contributed by atoms with Gasteiger partial charge in [-0.1, -0.05) is 36.7 Å². The Bertz CT molecular complexity index is 673. The highest BCUT2D eigenvalue weighted by Gasteiger charge is 2.13. The second-order valence-electron chi connectivity index (χ2n) is 5.53. The number of nitrogens with one attached hydrogen (secondary N) is 1. The summed E-state index contributed by atoms with van der Waals surface area (Å²) in [5.74, 6) is -0.706. The lowest BCUT2D eigenvalue weighted by Crippen LogP contribution is -2.29. The molecule has 5 heteroatoms. The highest BCUT2D eigenvalue weighted by Crippen LogP contribution is 2.14. The van der Waals surface area contributed by atoms with Gasteiger partial charge in [0.25, 0.3) is 0 Å². The average molecular weight is 336 g/mol. The first kappa shape index (κ1) is 17.4. The Morgan fingerprint density at radius 3 is 2.52 bits per heavy atom. The number of halogens is 2. The molecule has 0 aliphatic heterocycles. The Morgan fingerprint density at radius 2 is 1.87 bits per heavy atom. The van der Waals surface area contributed by atoms with Gasteiger partial charge in [0.2, 0.25) is 5.91 Å². The predicted octanol–water partition coefficient (Wildman–Crippen LogP) is 3.47. The molecule has 0 saturated carbocycles. The molecule has 0 aliphatic rings. The van der Waals surface area contributed by atoms with Crippen LogP contribution in [0, 0.1) is 11.7 Å². The highest BCUT2D eigenvalue weighted by molar-refractivity contribution is 6.30. The fourth-order valence-corrected chi connectivity index (χ4v) is 2.42. The molecule has 2 rings (SSSR count).